The molecule has 1 amide bonds. The van der Waals surface area contributed by atoms with Crippen LogP contribution >= 0.6 is 0 Å². The summed E-state index contributed by atoms with van der Waals surface area (Å²) < 4.78 is 1.74. The van der Waals surface area contributed by atoms with E-state index in [-0.39, 0.29) is 5.91 Å². The Bertz CT molecular complexity index is 393. The molecule has 17 heavy (non-hydrogen) atoms. The number of carbonyl (C=O) groups is 1. The van der Waals surface area contributed by atoms with Gasteiger partial charge in [-0.05, 0) is 33.0 Å². The molecule has 2 heterocycles. The van der Waals surface area contributed by atoms with Gasteiger partial charge in [0.2, 0.25) is 5.91 Å². The van der Waals surface area contributed by atoms with Crippen LogP contribution in [-0.4, -0.2) is 46.8 Å². The second-order valence-corrected chi connectivity index (χ2v) is 4.80. The summed E-state index contributed by atoms with van der Waals surface area (Å²) in [7, 11) is 3.99. The molecule has 0 aromatic carbocycles. The number of likely N-dealkylation sites (tertiary alicyclic amines) is 1. The standard InChI is InChI=1S/C12H20N4O/c1-10(17)16(12-8-13-15(3)9-12)11-4-6-14(2)7-5-11/h8-9,11H,4-7H2,1-3H3. The molecule has 1 aliphatic heterocycles. The van der Waals surface area contributed by atoms with Gasteiger partial charge in [0, 0.05) is 26.2 Å². The van der Waals surface area contributed by atoms with Crippen LogP contribution in [0.4, 0.5) is 5.69 Å². The minimum atomic E-state index is 0.104. The van der Waals surface area contributed by atoms with Crippen molar-refractivity contribution in [3.63, 3.8) is 0 Å². The number of aryl methyl sites for hydroxylation is 1. The molecular weight excluding hydrogens is 216 g/mol. The summed E-state index contributed by atoms with van der Waals surface area (Å²) in [5.41, 5.74) is 0.912. The minimum absolute atomic E-state index is 0.104. The van der Waals surface area contributed by atoms with Crippen molar-refractivity contribution in [3.05, 3.63) is 12.4 Å². The monoisotopic (exact) mass is 236 g/mol. The molecule has 0 radical (unpaired) electrons. The molecule has 5 nitrogen and oxygen atoms in total. The predicted octanol–water partition coefficient (Wildman–Crippen LogP) is 0.867. The highest BCUT2D eigenvalue weighted by Gasteiger charge is 2.26. The largest absolute Gasteiger partial charge is 0.307 e. The van der Waals surface area contributed by atoms with Gasteiger partial charge in [-0.25, -0.2) is 0 Å². The SMILES string of the molecule is CC(=O)N(c1cnn(C)c1)C1CCN(C)CC1. The number of hydrogen-bond acceptors (Lipinski definition) is 3. The molecule has 0 bridgehead atoms. The zero-order chi connectivity index (χ0) is 12.4. The van der Waals surface area contributed by atoms with E-state index in [0.29, 0.717) is 6.04 Å². The maximum atomic E-state index is 11.8. The number of amides is 1. The molecule has 94 valence electrons. The average Bonchev–Trinajstić information content (AvgIpc) is 2.68. The summed E-state index contributed by atoms with van der Waals surface area (Å²) in [4.78, 5) is 16.0. The Kier molecular flexibility index (Phi) is 3.47. The molecule has 0 unspecified atom stereocenters. The van der Waals surface area contributed by atoms with Gasteiger partial charge in [-0.15, -0.1) is 0 Å². The van der Waals surface area contributed by atoms with Crippen LogP contribution in [0.2, 0.25) is 0 Å². The van der Waals surface area contributed by atoms with Gasteiger partial charge < -0.3 is 9.80 Å². The van der Waals surface area contributed by atoms with Crippen molar-refractivity contribution in [1.82, 2.24) is 14.7 Å². The molecule has 1 fully saturated rings. The molecule has 0 spiro atoms. The van der Waals surface area contributed by atoms with E-state index in [1.165, 1.54) is 0 Å². The lowest BCUT2D eigenvalue weighted by Crippen LogP contribution is -2.45. The molecule has 1 saturated heterocycles. The Morgan fingerprint density at radius 3 is 2.53 bits per heavy atom. The summed E-state index contributed by atoms with van der Waals surface area (Å²) in [5, 5.41) is 4.14. The van der Waals surface area contributed by atoms with Crippen LogP contribution in [0.15, 0.2) is 12.4 Å². The van der Waals surface area contributed by atoms with E-state index in [0.717, 1.165) is 31.6 Å². The molecule has 1 aliphatic rings. The Labute approximate surface area is 102 Å². The van der Waals surface area contributed by atoms with Crippen molar-refractivity contribution in [2.45, 2.75) is 25.8 Å². The number of aromatic nitrogens is 2. The predicted molar refractivity (Wildman–Crippen MR) is 66.9 cm³/mol. The van der Waals surface area contributed by atoms with Crippen LogP contribution in [0.3, 0.4) is 0 Å². The average molecular weight is 236 g/mol. The highest BCUT2D eigenvalue weighted by atomic mass is 16.2. The van der Waals surface area contributed by atoms with E-state index >= 15 is 0 Å². The van der Waals surface area contributed by atoms with Crippen LogP contribution in [0.5, 0.6) is 0 Å². The third kappa shape index (κ3) is 2.66. The normalized spacial score (nSPS) is 18.3. The Morgan fingerprint density at radius 1 is 1.41 bits per heavy atom. The van der Waals surface area contributed by atoms with Crippen molar-refractivity contribution in [3.8, 4) is 0 Å². The van der Waals surface area contributed by atoms with Gasteiger partial charge in [0.25, 0.3) is 0 Å². The number of anilines is 1. The lowest BCUT2D eigenvalue weighted by molar-refractivity contribution is -0.117. The third-order valence-corrected chi connectivity index (χ3v) is 3.36. The van der Waals surface area contributed by atoms with Gasteiger partial charge in [0.1, 0.15) is 0 Å². The van der Waals surface area contributed by atoms with Crippen LogP contribution in [0.1, 0.15) is 19.8 Å². The van der Waals surface area contributed by atoms with E-state index in [2.05, 4.69) is 17.0 Å². The second kappa shape index (κ2) is 4.87. The number of rotatable bonds is 2. The Morgan fingerprint density at radius 2 is 2.06 bits per heavy atom. The van der Waals surface area contributed by atoms with Crippen molar-refractivity contribution in [2.75, 3.05) is 25.0 Å². The second-order valence-electron chi connectivity index (χ2n) is 4.80. The number of nitrogens with zero attached hydrogens (tertiary/aromatic N) is 4. The minimum Gasteiger partial charge on any atom is -0.307 e. The quantitative estimate of drug-likeness (QED) is 0.765. The molecule has 1 aromatic rings. The van der Waals surface area contributed by atoms with Crippen molar-refractivity contribution < 1.29 is 4.79 Å². The number of hydrogen-bond donors (Lipinski definition) is 0. The first-order valence-electron chi connectivity index (χ1n) is 6.05. The van der Waals surface area contributed by atoms with Crippen LogP contribution in [-0.2, 0) is 11.8 Å². The van der Waals surface area contributed by atoms with E-state index < -0.39 is 0 Å². The fourth-order valence-electron chi connectivity index (χ4n) is 2.44. The van der Waals surface area contributed by atoms with Crippen molar-refractivity contribution in [1.29, 1.82) is 0 Å². The van der Waals surface area contributed by atoms with E-state index in [9.17, 15) is 4.79 Å². The highest BCUT2D eigenvalue weighted by Crippen LogP contribution is 2.22. The Hall–Kier alpha value is -1.36. The maximum Gasteiger partial charge on any atom is 0.224 e. The van der Waals surface area contributed by atoms with Crippen LogP contribution < -0.4 is 4.90 Å². The molecule has 5 heteroatoms. The zero-order valence-corrected chi connectivity index (χ0v) is 10.8. The number of carbonyl (C=O) groups excluding carboxylic acids is 1. The lowest BCUT2D eigenvalue weighted by atomic mass is 10.0. The highest BCUT2D eigenvalue weighted by molar-refractivity contribution is 5.91. The molecule has 2 rings (SSSR count). The van der Waals surface area contributed by atoms with Crippen LogP contribution in [0, 0.1) is 0 Å². The lowest BCUT2D eigenvalue weighted by Gasteiger charge is -2.36. The van der Waals surface area contributed by atoms with E-state index in [1.54, 1.807) is 17.8 Å². The van der Waals surface area contributed by atoms with Gasteiger partial charge in [-0.3, -0.25) is 9.48 Å². The summed E-state index contributed by atoms with van der Waals surface area (Å²) in [6.07, 6.45) is 5.73. The summed E-state index contributed by atoms with van der Waals surface area (Å²) >= 11 is 0. The molecule has 0 N–H and O–H groups in total. The maximum absolute atomic E-state index is 11.8. The smallest absolute Gasteiger partial charge is 0.224 e. The van der Waals surface area contributed by atoms with Crippen molar-refractivity contribution >= 4 is 11.6 Å². The summed E-state index contributed by atoms with van der Waals surface area (Å²) in [5.74, 6) is 0.104. The van der Waals surface area contributed by atoms with E-state index in [1.807, 2.05) is 18.1 Å². The third-order valence-electron chi connectivity index (χ3n) is 3.36. The Balaban J connectivity index is 2.15. The molecule has 0 aliphatic carbocycles. The summed E-state index contributed by atoms with van der Waals surface area (Å²) in [6.45, 7) is 3.73. The summed E-state index contributed by atoms with van der Waals surface area (Å²) in [6, 6.07) is 0.313. The molecule has 0 atom stereocenters. The van der Waals surface area contributed by atoms with Gasteiger partial charge in [-0.2, -0.15) is 5.10 Å². The van der Waals surface area contributed by atoms with E-state index in [4.69, 9.17) is 0 Å². The van der Waals surface area contributed by atoms with Crippen LogP contribution in [0.25, 0.3) is 0 Å². The zero-order valence-electron chi connectivity index (χ0n) is 10.8. The first-order chi connectivity index (χ1) is 8.08. The first kappa shape index (κ1) is 12.1. The van der Waals surface area contributed by atoms with Gasteiger partial charge in [0.15, 0.2) is 0 Å². The first-order valence-corrected chi connectivity index (χ1v) is 6.05. The molecular formula is C12H20N4O. The topological polar surface area (TPSA) is 41.4 Å². The van der Waals surface area contributed by atoms with Gasteiger partial charge >= 0.3 is 0 Å². The van der Waals surface area contributed by atoms with Crippen molar-refractivity contribution in [2.24, 2.45) is 7.05 Å². The molecule has 1 aromatic heterocycles. The van der Waals surface area contributed by atoms with Gasteiger partial charge in [-0.1, -0.05) is 0 Å². The number of piperidine rings is 1. The molecule has 0 saturated carbocycles. The fraction of sp³-hybridized carbons (Fsp3) is 0.667. The van der Waals surface area contributed by atoms with Gasteiger partial charge in [0.05, 0.1) is 11.9 Å². The fourth-order valence-corrected chi connectivity index (χ4v) is 2.44.